The Morgan fingerprint density at radius 3 is 2.80 bits per heavy atom. The van der Waals surface area contributed by atoms with Gasteiger partial charge >= 0.3 is 0 Å². The molecule has 30 heavy (non-hydrogen) atoms. The van der Waals surface area contributed by atoms with Crippen molar-refractivity contribution in [2.75, 3.05) is 16.8 Å². The van der Waals surface area contributed by atoms with E-state index >= 15 is 0 Å². The molecule has 3 heterocycles. The second-order valence-corrected chi connectivity index (χ2v) is 9.34. The van der Waals surface area contributed by atoms with E-state index in [2.05, 4.69) is 20.5 Å². The van der Waals surface area contributed by atoms with Crippen molar-refractivity contribution in [2.24, 2.45) is 0 Å². The van der Waals surface area contributed by atoms with Crippen LogP contribution in [0, 0.1) is 6.92 Å². The molecule has 1 aliphatic heterocycles. The van der Waals surface area contributed by atoms with Gasteiger partial charge in [0.25, 0.3) is 5.91 Å². The highest BCUT2D eigenvalue weighted by Gasteiger charge is 2.33. The average Bonchev–Trinajstić information content (AvgIpc) is 3.34. The first-order valence-electron chi connectivity index (χ1n) is 9.49. The highest BCUT2D eigenvalue weighted by atomic mass is 32.1. The van der Waals surface area contributed by atoms with Crippen molar-refractivity contribution in [2.45, 2.75) is 39.7 Å². The fourth-order valence-corrected chi connectivity index (χ4v) is 4.43. The molecule has 1 aliphatic rings. The van der Waals surface area contributed by atoms with Crippen LogP contribution < -0.4 is 15.0 Å². The zero-order chi connectivity index (χ0) is 21.4. The Kier molecular flexibility index (Phi) is 5.52. The van der Waals surface area contributed by atoms with Gasteiger partial charge in [-0.1, -0.05) is 25.2 Å². The van der Waals surface area contributed by atoms with Gasteiger partial charge in [0.05, 0.1) is 16.4 Å². The van der Waals surface area contributed by atoms with E-state index in [-0.39, 0.29) is 24.3 Å². The number of aryl methyl sites for hydroxylation is 1. The van der Waals surface area contributed by atoms with Gasteiger partial charge in [0.15, 0.2) is 6.10 Å². The Hall–Kier alpha value is -2.85. The quantitative estimate of drug-likeness (QED) is 0.643. The molecule has 0 fully saturated rings. The molecule has 156 valence electrons. The van der Waals surface area contributed by atoms with Crippen molar-refractivity contribution < 1.29 is 14.3 Å². The normalized spacial score (nSPS) is 15.8. The summed E-state index contributed by atoms with van der Waals surface area (Å²) < 4.78 is 5.74. The molecule has 2 amide bonds. The standard InChI is InChI=1S/C20H21N5O3S2/c1-10(2)18-23-24-20(30-18)22-17(26)8-25-15-7-13(14-9-29-12(4)21-14)5-6-16(15)28-11(3)19(25)27/h5-7,9-11H,8H2,1-4H3,(H,22,24,26). The smallest absolute Gasteiger partial charge is 0.268 e. The molecular formula is C20H21N5O3S2. The molecule has 1 aromatic carbocycles. The van der Waals surface area contributed by atoms with Crippen molar-refractivity contribution in [3.63, 3.8) is 0 Å². The topological polar surface area (TPSA) is 97.3 Å². The first kappa shape index (κ1) is 20.4. The molecule has 2 aromatic heterocycles. The summed E-state index contributed by atoms with van der Waals surface area (Å²) in [5.74, 6) is 0.173. The SMILES string of the molecule is Cc1nc(-c2ccc3c(c2)N(CC(=O)Nc2nnc(C(C)C)s2)C(=O)C(C)O3)cs1. The highest BCUT2D eigenvalue weighted by molar-refractivity contribution is 7.15. The summed E-state index contributed by atoms with van der Waals surface area (Å²) >= 11 is 2.89. The minimum atomic E-state index is -0.674. The summed E-state index contributed by atoms with van der Waals surface area (Å²) in [6, 6.07) is 5.55. The first-order valence-corrected chi connectivity index (χ1v) is 11.2. The lowest BCUT2D eigenvalue weighted by atomic mass is 10.1. The Labute approximate surface area is 181 Å². The van der Waals surface area contributed by atoms with Crippen molar-refractivity contribution in [3.8, 4) is 17.0 Å². The van der Waals surface area contributed by atoms with Crippen LogP contribution in [0.15, 0.2) is 23.6 Å². The number of anilines is 2. The summed E-state index contributed by atoms with van der Waals surface area (Å²) in [6.45, 7) is 7.50. The molecule has 1 N–H and O–H groups in total. The first-order chi connectivity index (χ1) is 14.3. The lowest BCUT2D eigenvalue weighted by Crippen LogP contribution is -2.47. The van der Waals surface area contributed by atoms with Crippen LogP contribution in [0.3, 0.4) is 0 Å². The third kappa shape index (κ3) is 4.05. The number of nitrogens with zero attached hydrogens (tertiary/aromatic N) is 4. The number of nitrogens with one attached hydrogen (secondary N) is 1. The Balaban J connectivity index is 1.59. The molecule has 1 atom stereocenters. The predicted molar refractivity (Wildman–Crippen MR) is 117 cm³/mol. The van der Waals surface area contributed by atoms with Crippen LogP contribution in [0.4, 0.5) is 10.8 Å². The second kappa shape index (κ2) is 8.11. The van der Waals surface area contributed by atoms with Gasteiger partial charge in [0, 0.05) is 16.9 Å². The van der Waals surface area contributed by atoms with Gasteiger partial charge in [-0.05, 0) is 32.0 Å². The van der Waals surface area contributed by atoms with Crippen LogP contribution in [0.5, 0.6) is 5.75 Å². The fraction of sp³-hybridized carbons (Fsp3) is 0.350. The lowest BCUT2D eigenvalue weighted by Gasteiger charge is -2.32. The van der Waals surface area contributed by atoms with Crippen molar-refractivity contribution in [3.05, 3.63) is 33.6 Å². The Morgan fingerprint density at radius 2 is 2.13 bits per heavy atom. The number of aromatic nitrogens is 3. The fourth-order valence-electron chi connectivity index (χ4n) is 3.05. The van der Waals surface area contributed by atoms with E-state index in [4.69, 9.17) is 4.74 Å². The third-order valence-electron chi connectivity index (χ3n) is 4.56. The van der Waals surface area contributed by atoms with E-state index in [1.807, 2.05) is 44.4 Å². The number of thiazole rings is 1. The number of benzene rings is 1. The molecule has 1 unspecified atom stereocenters. The average molecular weight is 444 g/mol. The molecule has 0 aliphatic carbocycles. The van der Waals surface area contributed by atoms with Gasteiger partial charge in [0.1, 0.15) is 17.3 Å². The zero-order valence-electron chi connectivity index (χ0n) is 17.0. The van der Waals surface area contributed by atoms with Gasteiger partial charge in [-0.15, -0.1) is 21.5 Å². The number of ether oxygens (including phenoxy) is 1. The number of hydrogen-bond acceptors (Lipinski definition) is 8. The van der Waals surface area contributed by atoms with Crippen LogP contribution in [0.1, 0.15) is 36.7 Å². The van der Waals surface area contributed by atoms with Crippen molar-refractivity contribution in [1.29, 1.82) is 0 Å². The number of hydrogen-bond donors (Lipinski definition) is 1. The Morgan fingerprint density at radius 1 is 1.33 bits per heavy atom. The van der Waals surface area contributed by atoms with Crippen molar-refractivity contribution in [1.82, 2.24) is 15.2 Å². The zero-order valence-corrected chi connectivity index (χ0v) is 18.6. The number of rotatable bonds is 5. The predicted octanol–water partition coefficient (Wildman–Crippen LogP) is 3.85. The molecular weight excluding hydrogens is 422 g/mol. The van der Waals surface area contributed by atoms with Crippen LogP contribution in [-0.2, 0) is 9.59 Å². The maximum Gasteiger partial charge on any atom is 0.268 e. The maximum absolute atomic E-state index is 12.8. The van der Waals surface area contributed by atoms with Gasteiger partial charge < -0.3 is 4.74 Å². The highest BCUT2D eigenvalue weighted by Crippen LogP contribution is 2.37. The minimum Gasteiger partial charge on any atom is -0.479 e. The molecule has 4 rings (SSSR count). The summed E-state index contributed by atoms with van der Waals surface area (Å²) in [5.41, 5.74) is 2.24. The molecule has 0 bridgehead atoms. The minimum absolute atomic E-state index is 0.143. The molecule has 0 saturated heterocycles. The van der Waals surface area contributed by atoms with Crippen LogP contribution >= 0.6 is 22.7 Å². The molecule has 3 aromatic rings. The van der Waals surface area contributed by atoms with E-state index in [0.29, 0.717) is 16.6 Å². The van der Waals surface area contributed by atoms with E-state index in [1.165, 1.54) is 16.2 Å². The summed E-state index contributed by atoms with van der Waals surface area (Å²) in [4.78, 5) is 31.4. The van der Waals surface area contributed by atoms with E-state index in [1.54, 1.807) is 18.3 Å². The molecule has 10 heteroatoms. The molecule has 0 spiro atoms. The van der Waals surface area contributed by atoms with E-state index < -0.39 is 6.10 Å². The molecule has 8 nitrogen and oxygen atoms in total. The number of amides is 2. The summed E-state index contributed by atoms with van der Waals surface area (Å²) in [6.07, 6.45) is -0.674. The van der Waals surface area contributed by atoms with Gasteiger partial charge in [-0.25, -0.2) is 4.98 Å². The van der Waals surface area contributed by atoms with E-state index in [9.17, 15) is 9.59 Å². The van der Waals surface area contributed by atoms with Crippen molar-refractivity contribution >= 4 is 45.3 Å². The largest absolute Gasteiger partial charge is 0.479 e. The second-order valence-electron chi connectivity index (χ2n) is 7.27. The lowest BCUT2D eigenvalue weighted by molar-refractivity contribution is -0.127. The number of carbonyl (C=O) groups is 2. The monoisotopic (exact) mass is 443 g/mol. The summed E-state index contributed by atoms with van der Waals surface area (Å²) in [5, 5.41) is 15.0. The Bertz CT molecular complexity index is 1110. The van der Waals surface area contributed by atoms with Crippen LogP contribution in [0.25, 0.3) is 11.3 Å². The van der Waals surface area contributed by atoms with Crippen LogP contribution in [0.2, 0.25) is 0 Å². The van der Waals surface area contributed by atoms with Crippen LogP contribution in [-0.4, -0.2) is 39.6 Å². The third-order valence-corrected chi connectivity index (χ3v) is 6.48. The van der Waals surface area contributed by atoms with Gasteiger partial charge in [-0.2, -0.15) is 0 Å². The molecule has 0 radical (unpaired) electrons. The number of fused-ring (bicyclic) bond motifs is 1. The summed E-state index contributed by atoms with van der Waals surface area (Å²) in [7, 11) is 0. The van der Waals surface area contributed by atoms with Gasteiger partial charge in [-0.3, -0.25) is 19.8 Å². The maximum atomic E-state index is 12.8. The van der Waals surface area contributed by atoms with Gasteiger partial charge in [0.2, 0.25) is 11.0 Å². The number of carbonyl (C=O) groups excluding carboxylic acids is 2. The molecule has 0 saturated carbocycles. The van der Waals surface area contributed by atoms with E-state index in [0.717, 1.165) is 21.3 Å².